The molecule has 0 bridgehead atoms. The summed E-state index contributed by atoms with van der Waals surface area (Å²) >= 11 is 5.39. The van der Waals surface area contributed by atoms with Crippen molar-refractivity contribution in [1.82, 2.24) is 0 Å². The minimum absolute atomic E-state index is 0.395. The fourth-order valence-corrected chi connectivity index (χ4v) is 3.35. The van der Waals surface area contributed by atoms with Crippen LogP contribution in [0.5, 0.6) is 0 Å². The number of carbonyl (C=O) groups excluding carboxylic acids is 1. The van der Waals surface area contributed by atoms with Crippen LogP contribution in [0.1, 0.15) is 65.7 Å². The number of hydrogen-bond acceptors (Lipinski definition) is 5. The van der Waals surface area contributed by atoms with Gasteiger partial charge in [0, 0.05) is 31.8 Å². The van der Waals surface area contributed by atoms with E-state index in [1.807, 2.05) is 13.8 Å². The van der Waals surface area contributed by atoms with Gasteiger partial charge in [-0.2, -0.15) is 4.76 Å². The molecule has 0 aliphatic carbocycles. The van der Waals surface area contributed by atoms with Crippen LogP contribution < -0.4 is 5.73 Å². The summed E-state index contributed by atoms with van der Waals surface area (Å²) < 4.78 is 20.4. The first kappa shape index (κ1) is 23.1. The molecule has 0 aromatic rings. The van der Waals surface area contributed by atoms with Gasteiger partial charge in [-0.05, 0) is 19.3 Å². The number of carbonyl (C=O) groups is 1. The van der Waals surface area contributed by atoms with E-state index in [9.17, 15) is 4.79 Å². The van der Waals surface area contributed by atoms with Crippen molar-refractivity contribution in [3.63, 3.8) is 0 Å². The number of unbranched alkanes of at least 4 members (excludes halogenated alkanes) is 2. The van der Waals surface area contributed by atoms with Crippen LogP contribution in [-0.4, -0.2) is 25.5 Å². The maximum Gasteiger partial charge on any atom is 0.362 e. The summed E-state index contributed by atoms with van der Waals surface area (Å²) in [5, 5.41) is 0. The Morgan fingerprint density at radius 1 is 1.17 bits per heavy atom. The van der Waals surface area contributed by atoms with Crippen molar-refractivity contribution >= 4 is 30.3 Å². The van der Waals surface area contributed by atoms with Crippen LogP contribution in [0, 0.1) is 0 Å². The first-order chi connectivity index (χ1) is 11.4. The van der Waals surface area contributed by atoms with Gasteiger partial charge in [-0.15, -0.1) is 0 Å². The zero-order chi connectivity index (χ0) is 18.4. The van der Waals surface area contributed by atoms with Gasteiger partial charge in [-0.25, -0.2) is 4.79 Å². The summed E-state index contributed by atoms with van der Waals surface area (Å²) in [5.74, 6) is 0.409. The van der Waals surface area contributed by atoms with E-state index in [-0.39, 0.29) is 0 Å². The van der Waals surface area contributed by atoms with Gasteiger partial charge in [-0.1, -0.05) is 33.6 Å². The van der Waals surface area contributed by atoms with Crippen molar-refractivity contribution in [3.05, 3.63) is 11.8 Å². The van der Waals surface area contributed by atoms with Gasteiger partial charge in [-0.3, -0.25) is 0 Å². The molecule has 0 spiro atoms. The number of amidine groups is 1. The molecule has 0 aromatic carbocycles. The number of nitrogens with zero attached hydrogens (tertiary/aromatic N) is 1. The smallest absolute Gasteiger partial charge is 0.362 e. The minimum Gasteiger partial charge on any atom is -0.462 e. The molecule has 0 saturated heterocycles. The Kier molecular flexibility index (Phi) is 12.9. The lowest BCUT2D eigenvalue weighted by Crippen LogP contribution is -2.12. The quantitative estimate of drug-likeness (QED) is 0.0970. The molecule has 0 rings (SSSR count). The molecule has 0 radical (unpaired) electrons. The SMILES string of the molecule is CCCCOC(=O)C=C(CCC)OP(=S)(N=C(N)CCCC)OC. The fourth-order valence-electron chi connectivity index (χ4n) is 1.69. The highest BCUT2D eigenvalue weighted by Gasteiger charge is 2.20. The fraction of sp³-hybridized carbons (Fsp3) is 0.750. The predicted octanol–water partition coefficient (Wildman–Crippen LogP) is 4.45. The lowest BCUT2D eigenvalue weighted by Gasteiger charge is -2.19. The van der Waals surface area contributed by atoms with E-state index in [2.05, 4.69) is 11.7 Å². The molecular formula is C16H31N2O4PS. The molecule has 0 fully saturated rings. The summed E-state index contributed by atoms with van der Waals surface area (Å²) in [6.07, 6.45) is 7.05. The molecule has 24 heavy (non-hydrogen) atoms. The number of allylic oxidation sites excluding steroid dienone is 1. The largest absolute Gasteiger partial charge is 0.462 e. The normalized spacial score (nSPS) is 15.0. The molecule has 1 unspecified atom stereocenters. The van der Waals surface area contributed by atoms with Gasteiger partial charge >= 0.3 is 12.6 Å². The van der Waals surface area contributed by atoms with Gasteiger partial charge in [0.15, 0.2) is 0 Å². The number of nitrogens with two attached hydrogens (primary N) is 1. The van der Waals surface area contributed by atoms with E-state index in [4.69, 9.17) is 31.3 Å². The van der Waals surface area contributed by atoms with Crippen LogP contribution in [0.15, 0.2) is 16.6 Å². The van der Waals surface area contributed by atoms with Crippen LogP contribution in [0.25, 0.3) is 0 Å². The third kappa shape index (κ3) is 10.8. The Labute approximate surface area is 151 Å². The van der Waals surface area contributed by atoms with Crippen LogP contribution >= 0.6 is 6.64 Å². The highest BCUT2D eigenvalue weighted by molar-refractivity contribution is 8.09. The topological polar surface area (TPSA) is 83.1 Å². The maximum absolute atomic E-state index is 11.8. The van der Waals surface area contributed by atoms with Crippen LogP contribution in [0.2, 0.25) is 0 Å². The van der Waals surface area contributed by atoms with Gasteiger partial charge in [0.05, 0.1) is 12.7 Å². The lowest BCUT2D eigenvalue weighted by atomic mass is 10.2. The Balaban J connectivity index is 5.03. The molecule has 0 aliphatic rings. The summed E-state index contributed by atoms with van der Waals surface area (Å²) in [6.45, 7) is 3.53. The van der Waals surface area contributed by atoms with Gasteiger partial charge in [0.1, 0.15) is 11.6 Å². The minimum atomic E-state index is -2.95. The summed E-state index contributed by atoms with van der Waals surface area (Å²) in [6, 6.07) is 0. The molecule has 6 nitrogen and oxygen atoms in total. The highest BCUT2D eigenvalue weighted by atomic mass is 32.5. The molecule has 2 N–H and O–H groups in total. The zero-order valence-electron chi connectivity index (χ0n) is 15.2. The van der Waals surface area contributed by atoms with Gasteiger partial charge in [0.25, 0.3) is 0 Å². The Morgan fingerprint density at radius 3 is 2.38 bits per heavy atom. The molecule has 0 aromatic heterocycles. The molecule has 0 saturated carbocycles. The van der Waals surface area contributed by atoms with Crippen molar-refractivity contribution in [2.45, 2.75) is 65.7 Å². The van der Waals surface area contributed by atoms with Crippen molar-refractivity contribution in [2.24, 2.45) is 10.5 Å². The second-order valence-corrected chi connectivity index (χ2v) is 8.39. The van der Waals surface area contributed by atoms with E-state index >= 15 is 0 Å². The van der Waals surface area contributed by atoms with E-state index in [0.717, 1.165) is 32.1 Å². The summed E-state index contributed by atoms with van der Waals surface area (Å²) in [5.41, 5.74) is 5.89. The van der Waals surface area contributed by atoms with Crippen molar-refractivity contribution in [3.8, 4) is 0 Å². The average Bonchev–Trinajstić information content (AvgIpc) is 2.53. The number of rotatable bonds is 13. The molecule has 8 heteroatoms. The molecule has 0 heterocycles. The van der Waals surface area contributed by atoms with Crippen LogP contribution in [0.4, 0.5) is 0 Å². The zero-order valence-corrected chi connectivity index (χ0v) is 17.0. The van der Waals surface area contributed by atoms with Crippen molar-refractivity contribution in [2.75, 3.05) is 13.7 Å². The summed E-state index contributed by atoms with van der Waals surface area (Å²) in [7, 11) is 1.44. The first-order valence-electron chi connectivity index (χ1n) is 8.48. The molecule has 140 valence electrons. The Bertz CT molecular complexity index is 481. The number of ether oxygens (including phenoxy) is 1. The van der Waals surface area contributed by atoms with E-state index in [1.165, 1.54) is 13.2 Å². The monoisotopic (exact) mass is 378 g/mol. The van der Waals surface area contributed by atoms with Crippen molar-refractivity contribution in [1.29, 1.82) is 0 Å². The second-order valence-electron chi connectivity index (χ2n) is 5.32. The van der Waals surface area contributed by atoms with Gasteiger partial charge in [0.2, 0.25) is 0 Å². The summed E-state index contributed by atoms with van der Waals surface area (Å²) in [4.78, 5) is 11.8. The maximum atomic E-state index is 11.8. The Morgan fingerprint density at radius 2 is 1.83 bits per heavy atom. The molecule has 0 amide bonds. The number of hydrogen-bond donors (Lipinski definition) is 1. The lowest BCUT2D eigenvalue weighted by molar-refractivity contribution is -0.138. The highest BCUT2D eigenvalue weighted by Crippen LogP contribution is 2.52. The van der Waals surface area contributed by atoms with Crippen LogP contribution in [-0.2, 0) is 30.4 Å². The first-order valence-corrected chi connectivity index (χ1v) is 11.1. The second kappa shape index (κ2) is 13.4. The standard InChI is InChI=1S/C16H31N2O4PS/c1-5-8-11-15(17)18-23(24,20-4)22-14(10-7-3)13-16(19)21-12-9-6-2/h13H,5-12H2,1-4H3,(H2,17,18,24). The molecule has 0 aliphatic heterocycles. The van der Waals surface area contributed by atoms with Crippen molar-refractivity contribution < 1.29 is 18.6 Å². The van der Waals surface area contributed by atoms with E-state index in [1.54, 1.807) is 0 Å². The third-order valence-corrected chi connectivity index (χ3v) is 5.36. The van der Waals surface area contributed by atoms with Crippen LogP contribution in [0.3, 0.4) is 0 Å². The third-order valence-electron chi connectivity index (χ3n) is 3.02. The molecular weight excluding hydrogens is 347 g/mol. The number of esters is 1. The molecule has 1 atom stereocenters. The van der Waals surface area contributed by atoms with E-state index in [0.29, 0.717) is 31.0 Å². The predicted molar refractivity (Wildman–Crippen MR) is 102 cm³/mol. The van der Waals surface area contributed by atoms with Gasteiger partial charge < -0.3 is 19.5 Å². The Hall–Kier alpha value is -0.910. The average molecular weight is 378 g/mol. The van der Waals surface area contributed by atoms with E-state index < -0.39 is 12.6 Å².